The van der Waals surface area contributed by atoms with E-state index in [1.807, 2.05) is 31.2 Å². The number of carbonyl (C=O) groups is 1. The largest absolute Gasteiger partial charge is 0.401 e. The summed E-state index contributed by atoms with van der Waals surface area (Å²) in [6, 6.07) is 6.77. The summed E-state index contributed by atoms with van der Waals surface area (Å²) in [6.07, 6.45) is -3.49. The molecule has 1 fully saturated rings. The lowest BCUT2D eigenvalue weighted by molar-refractivity contribution is -0.146. The summed E-state index contributed by atoms with van der Waals surface area (Å²) in [5.74, 6) is -0.110. The van der Waals surface area contributed by atoms with Crippen LogP contribution in [0.5, 0.6) is 0 Å². The van der Waals surface area contributed by atoms with Crippen LogP contribution in [-0.2, 0) is 4.79 Å². The quantitative estimate of drug-likeness (QED) is 0.852. The van der Waals surface area contributed by atoms with E-state index < -0.39 is 18.8 Å². The number of alkyl halides is 3. The molecule has 2 rings (SSSR count). The van der Waals surface area contributed by atoms with Gasteiger partial charge in [-0.3, -0.25) is 9.69 Å². The number of benzene rings is 1. The van der Waals surface area contributed by atoms with Crippen LogP contribution in [0, 0.1) is 12.8 Å². The van der Waals surface area contributed by atoms with E-state index in [0.29, 0.717) is 32.6 Å². The van der Waals surface area contributed by atoms with Gasteiger partial charge < -0.3 is 10.6 Å². The highest BCUT2D eigenvalue weighted by atomic mass is 19.4. The summed E-state index contributed by atoms with van der Waals surface area (Å²) in [6.45, 7) is 4.47. The molecular formula is C18H26F3N3O. The highest BCUT2D eigenvalue weighted by Crippen LogP contribution is 2.23. The minimum Gasteiger partial charge on any atom is -0.341 e. The van der Waals surface area contributed by atoms with Gasteiger partial charge in [-0.25, -0.2) is 0 Å². The molecule has 1 amide bonds. The Kier molecular flexibility index (Phi) is 6.46. The third kappa shape index (κ3) is 5.71. The third-order valence-corrected chi connectivity index (χ3v) is 4.67. The van der Waals surface area contributed by atoms with Crippen molar-refractivity contribution in [3.05, 3.63) is 35.4 Å². The number of rotatable bonds is 6. The van der Waals surface area contributed by atoms with E-state index in [2.05, 4.69) is 0 Å². The van der Waals surface area contributed by atoms with Crippen molar-refractivity contribution in [1.82, 2.24) is 9.80 Å². The van der Waals surface area contributed by atoms with Gasteiger partial charge in [0.15, 0.2) is 0 Å². The molecule has 1 aromatic carbocycles. The Morgan fingerprint density at radius 3 is 2.56 bits per heavy atom. The van der Waals surface area contributed by atoms with E-state index in [1.54, 1.807) is 11.8 Å². The van der Waals surface area contributed by atoms with E-state index in [1.165, 1.54) is 4.90 Å². The van der Waals surface area contributed by atoms with Gasteiger partial charge in [0, 0.05) is 19.6 Å². The number of nitrogens with two attached hydrogens (primary N) is 1. The van der Waals surface area contributed by atoms with Crippen LogP contribution in [0.25, 0.3) is 0 Å². The average molecular weight is 357 g/mol. The molecule has 0 radical (unpaired) electrons. The zero-order valence-electron chi connectivity index (χ0n) is 14.7. The lowest BCUT2D eigenvalue weighted by Gasteiger charge is -2.26. The molecule has 140 valence electrons. The van der Waals surface area contributed by atoms with E-state index in [0.717, 1.165) is 11.1 Å². The van der Waals surface area contributed by atoms with Gasteiger partial charge in [0.1, 0.15) is 6.04 Å². The Morgan fingerprint density at radius 2 is 2.00 bits per heavy atom. The summed E-state index contributed by atoms with van der Waals surface area (Å²) in [5.41, 5.74) is 7.92. The SMILES string of the molecule is CCN(CC1CCN(C(=O)C(N)c2ccc(C)cc2)C1)CC(F)(F)F. The van der Waals surface area contributed by atoms with Gasteiger partial charge >= 0.3 is 6.18 Å². The molecule has 0 bridgehead atoms. The van der Waals surface area contributed by atoms with Crippen LogP contribution in [0.15, 0.2) is 24.3 Å². The molecule has 25 heavy (non-hydrogen) atoms. The molecule has 4 nitrogen and oxygen atoms in total. The molecule has 2 N–H and O–H groups in total. The maximum Gasteiger partial charge on any atom is 0.401 e. The number of hydrogen-bond donors (Lipinski definition) is 1. The Bertz CT molecular complexity index is 574. The molecule has 1 aliphatic heterocycles. The first kappa shape index (κ1) is 19.7. The molecule has 0 aromatic heterocycles. The Labute approximate surface area is 146 Å². The molecule has 1 aliphatic rings. The number of hydrogen-bond acceptors (Lipinski definition) is 3. The molecule has 1 heterocycles. The first-order chi connectivity index (χ1) is 11.7. The maximum absolute atomic E-state index is 12.6. The van der Waals surface area contributed by atoms with Gasteiger partial charge in [0.05, 0.1) is 6.54 Å². The fourth-order valence-electron chi connectivity index (χ4n) is 3.22. The number of carbonyl (C=O) groups excluding carboxylic acids is 1. The molecule has 0 aliphatic carbocycles. The molecule has 0 spiro atoms. The summed E-state index contributed by atoms with van der Waals surface area (Å²) >= 11 is 0. The molecule has 7 heteroatoms. The second-order valence-electron chi connectivity index (χ2n) is 6.77. The van der Waals surface area contributed by atoms with Crippen LogP contribution in [0.3, 0.4) is 0 Å². The predicted molar refractivity (Wildman–Crippen MR) is 91.0 cm³/mol. The van der Waals surface area contributed by atoms with Crippen molar-refractivity contribution in [3.63, 3.8) is 0 Å². The number of amides is 1. The first-order valence-electron chi connectivity index (χ1n) is 8.59. The topological polar surface area (TPSA) is 49.6 Å². The van der Waals surface area contributed by atoms with E-state index in [9.17, 15) is 18.0 Å². The van der Waals surface area contributed by atoms with E-state index in [4.69, 9.17) is 5.73 Å². The highest BCUT2D eigenvalue weighted by Gasteiger charge is 2.34. The van der Waals surface area contributed by atoms with Crippen molar-refractivity contribution in [2.24, 2.45) is 11.7 Å². The van der Waals surface area contributed by atoms with Crippen LogP contribution in [-0.4, -0.2) is 54.6 Å². The molecule has 1 saturated heterocycles. The Balaban J connectivity index is 1.90. The monoisotopic (exact) mass is 357 g/mol. The van der Waals surface area contributed by atoms with Crippen molar-refractivity contribution in [1.29, 1.82) is 0 Å². The lowest BCUT2D eigenvalue weighted by Crippen LogP contribution is -2.40. The second-order valence-corrected chi connectivity index (χ2v) is 6.77. The summed E-state index contributed by atoms with van der Waals surface area (Å²) < 4.78 is 37.7. The minimum absolute atomic E-state index is 0.0523. The lowest BCUT2D eigenvalue weighted by atomic mass is 10.0. The van der Waals surface area contributed by atoms with Crippen LogP contribution < -0.4 is 5.73 Å². The zero-order valence-corrected chi connectivity index (χ0v) is 14.7. The average Bonchev–Trinajstić information content (AvgIpc) is 3.00. The predicted octanol–water partition coefficient (Wildman–Crippen LogP) is 2.73. The van der Waals surface area contributed by atoms with Gasteiger partial charge in [-0.2, -0.15) is 13.2 Å². The Morgan fingerprint density at radius 1 is 1.36 bits per heavy atom. The standard InChI is InChI=1S/C18H26F3N3O/c1-3-23(12-18(19,20)21)10-14-8-9-24(11-14)17(25)16(22)15-6-4-13(2)5-7-15/h4-7,14,16H,3,8-12,22H2,1-2H3. The van der Waals surface area contributed by atoms with Gasteiger partial charge in [-0.05, 0) is 31.4 Å². The normalized spacial score (nSPS) is 19.5. The summed E-state index contributed by atoms with van der Waals surface area (Å²) in [4.78, 5) is 15.6. The first-order valence-corrected chi connectivity index (χ1v) is 8.59. The molecule has 2 unspecified atom stereocenters. The number of likely N-dealkylation sites (tertiary alicyclic amines) is 1. The molecule has 0 saturated carbocycles. The minimum atomic E-state index is -4.20. The highest BCUT2D eigenvalue weighted by molar-refractivity contribution is 5.83. The van der Waals surface area contributed by atoms with Crippen LogP contribution in [0.2, 0.25) is 0 Å². The summed E-state index contributed by atoms with van der Waals surface area (Å²) in [7, 11) is 0. The van der Waals surface area contributed by atoms with Crippen LogP contribution >= 0.6 is 0 Å². The third-order valence-electron chi connectivity index (χ3n) is 4.67. The maximum atomic E-state index is 12.6. The van der Waals surface area contributed by atoms with E-state index in [-0.39, 0.29) is 11.8 Å². The molecule has 2 atom stereocenters. The zero-order chi connectivity index (χ0) is 18.6. The number of halogens is 3. The van der Waals surface area contributed by atoms with Crippen molar-refractivity contribution in [3.8, 4) is 0 Å². The Hall–Kier alpha value is -1.60. The van der Waals surface area contributed by atoms with Crippen molar-refractivity contribution >= 4 is 5.91 Å². The molecular weight excluding hydrogens is 331 g/mol. The number of nitrogens with zero attached hydrogens (tertiary/aromatic N) is 2. The number of aryl methyl sites for hydroxylation is 1. The van der Waals surface area contributed by atoms with Gasteiger partial charge in [0.2, 0.25) is 5.91 Å². The summed E-state index contributed by atoms with van der Waals surface area (Å²) in [5, 5.41) is 0. The van der Waals surface area contributed by atoms with Crippen LogP contribution in [0.4, 0.5) is 13.2 Å². The van der Waals surface area contributed by atoms with Crippen molar-refractivity contribution in [2.45, 2.75) is 32.5 Å². The fraction of sp³-hybridized carbons (Fsp3) is 0.611. The fourth-order valence-corrected chi connectivity index (χ4v) is 3.22. The van der Waals surface area contributed by atoms with Gasteiger partial charge in [0.25, 0.3) is 0 Å². The van der Waals surface area contributed by atoms with E-state index >= 15 is 0 Å². The second kappa shape index (κ2) is 8.19. The van der Waals surface area contributed by atoms with Crippen molar-refractivity contribution < 1.29 is 18.0 Å². The van der Waals surface area contributed by atoms with Gasteiger partial charge in [-0.15, -0.1) is 0 Å². The van der Waals surface area contributed by atoms with Crippen LogP contribution in [0.1, 0.15) is 30.5 Å². The molecule has 1 aromatic rings. The van der Waals surface area contributed by atoms with Crippen molar-refractivity contribution in [2.75, 3.05) is 32.7 Å². The smallest absolute Gasteiger partial charge is 0.341 e. The van der Waals surface area contributed by atoms with Gasteiger partial charge in [-0.1, -0.05) is 36.8 Å².